The van der Waals surface area contributed by atoms with E-state index in [-0.39, 0.29) is 5.75 Å². The zero-order valence-electron chi connectivity index (χ0n) is 10.2. The first-order valence-electron chi connectivity index (χ1n) is 6.01. The molecule has 0 amide bonds. The molecule has 0 saturated carbocycles. The number of hydrogen-bond donors (Lipinski definition) is 1. The predicted octanol–water partition coefficient (Wildman–Crippen LogP) is 0.760. The van der Waals surface area contributed by atoms with E-state index < -0.39 is 10.0 Å². The van der Waals surface area contributed by atoms with Crippen molar-refractivity contribution in [2.45, 2.75) is 0 Å². The van der Waals surface area contributed by atoms with Crippen LogP contribution in [0.2, 0.25) is 0 Å². The highest BCUT2D eigenvalue weighted by Gasteiger charge is 2.15. The first kappa shape index (κ1) is 13.3. The van der Waals surface area contributed by atoms with Crippen LogP contribution in [0.1, 0.15) is 0 Å². The van der Waals surface area contributed by atoms with Crippen LogP contribution in [-0.4, -0.2) is 51.9 Å². The van der Waals surface area contributed by atoms with Crippen LogP contribution in [0.15, 0.2) is 30.3 Å². The fourth-order valence-electron chi connectivity index (χ4n) is 1.81. The molecular formula is C12H18N2O3S. The number of anilines is 1. The van der Waals surface area contributed by atoms with Crippen LogP contribution >= 0.6 is 0 Å². The molecule has 6 heteroatoms. The number of morpholine rings is 1. The first-order chi connectivity index (χ1) is 8.66. The molecule has 1 N–H and O–H groups in total. The van der Waals surface area contributed by atoms with Crippen LogP contribution in [0.4, 0.5) is 5.69 Å². The lowest BCUT2D eigenvalue weighted by atomic mass is 10.3. The summed E-state index contributed by atoms with van der Waals surface area (Å²) in [6.45, 7) is 3.53. The molecule has 1 aliphatic rings. The highest BCUT2D eigenvalue weighted by molar-refractivity contribution is 7.92. The van der Waals surface area contributed by atoms with Crippen molar-refractivity contribution in [1.82, 2.24) is 4.90 Å². The van der Waals surface area contributed by atoms with E-state index in [9.17, 15) is 8.42 Å². The molecule has 0 radical (unpaired) electrons. The highest BCUT2D eigenvalue weighted by Crippen LogP contribution is 2.08. The van der Waals surface area contributed by atoms with Gasteiger partial charge in [-0.05, 0) is 12.1 Å². The van der Waals surface area contributed by atoms with E-state index in [1.807, 2.05) is 6.07 Å². The predicted molar refractivity (Wildman–Crippen MR) is 71.1 cm³/mol. The van der Waals surface area contributed by atoms with Gasteiger partial charge in [0.1, 0.15) is 0 Å². The van der Waals surface area contributed by atoms with Crippen molar-refractivity contribution in [1.29, 1.82) is 0 Å². The van der Waals surface area contributed by atoms with Crippen molar-refractivity contribution in [3.8, 4) is 0 Å². The Hall–Kier alpha value is -1.11. The van der Waals surface area contributed by atoms with E-state index in [2.05, 4.69) is 9.62 Å². The zero-order chi connectivity index (χ0) is 12.8. The minimum absolute atomic E-state index is 0.113. The molecule has 100 valence electrons. The number of hydrogen-bond acceptors (Lipinski definition) is 4. The van der Waals surface area contributed by atoms with E-state index in [4.69, 9.17) is 4.74 Å². The SMILES string of the molecule is O=S(=O)(CCN1CCOCC1)Nc1ccccc1. The summed E-state index contributed by atoms with van der Waals surface area (Å²) in [5.74, 6) is 0.113. The van der Waals surface area contributed by atoms with Gasteiger partial charge in [0.2, 0.25) is 10.0 Å². The Labute approximate surface area is 108 Å². The number of benzene rings is 1. The molecule has 0 bridgehead atoms. The minimum atomic E-state index is -3.27. The molecule has 1 fully saturated rings. The van der Waals surface area contributed by atoms with Crippen molar-refractivity contribution in [2.24, 2.45) is 0 Å². The molecule has 0 aliphatic carbocycles. The lowest BCUT2D eigenvalue weighted by Crippen LogP contribution is -2.39. The van der Waals surface area contributed by atoms with Crippen LogP contribution in [-0.2, 0) is 14.8 Å². The summed E-state index contributed by atoms with van der Waals surface area (Å²) in [6.07, 6.45) is 0. The van der Waals surface area contributed by atoms with Crippen molar-refractivity contribution >= 4 is 15.7 Å². The van der Waals surface area contributed by atoms with Gasteiger partial charge >= 0.3 is 0 Å². The minimum Gasteiger partial charge on any atom is -0.379 e. The van der Waals surface area contributed by atoms with E-state index in [1.165, 1.54) is 0 Å². The summed E-state index contributed by atoms with van der Waals surface area (Å²) in [7, 11) is -3.27. The maximum Gasteiger partial charge on any atom is 0.233 e. The summed E-state index contributed by atoms with van der Waals surface area (Å²) in [4.78, 5) is 2.10. The van der Waals surface area contributed by atoms with Crippen molar-refractivity contribution < 1.29 is 13.2 Å². The molecule has 1 aliphatic heterocycles. The van der Waals surface area contributed by atoms with Crippen LogP contribution < -0.4 is 4.72 Å². The molecular weight excluding hydrogens is 252 g/mol. The van der Waals surface area contributed by atoms with Crippen molar-refractivity contribution in [3.05, 3.63) is 30.3 Å². The van der Waals surface area contributed by atoms with Crippen molar-refractivity contribution in [3.63, 3.8) is 0 Å². The molecule has 18 heavy (non-hydrogen) atoms. The number of para-hydroxylation sites is 1. The Balaban J connectivity index is 1.83. The van der Waals surface area contributed by atoms with E-state index in [0.29, 0.717) is 25.4 Å². The van der Waals surface area contributed by atoms with E-state index >= 15 is 0 Å². The second kappa shape index (κ2) is 6.17. The van der Waals surface area contributed by atoms with Gasteiger partial charge in [-0.25, -0.2) is 8.42 Å². The third-order valence-electron chi connectivity index (χ3n) is 2.83. The lowest BCUT2D eigenvalue weighted by Gasteiger charge is -2.26. The normalized spacial score (nSPS) is 17.6. The maximum absolute atomic E-state index is 11.9. The largest absolute Gasteiger partial charge is 0.379 e. The molecule has 5 nitrogen and oxygen atoms in total. The smallest absolute Gasteiger partial charge is 0.233 e. The average Bonchev–Trinajstić information content (AvgIpc) is 2.38. The topological polar surface area (TPSA) is 58.6 Å². The molecule has 0 unspecified atom stereocenters. The fraction of sp³-hybridized carbons (Fsp3) is 0.500. The summed E-state index contributed by atoms with van der Waals surface area (Å²) in [5, 5.41) is 0. The Morgan fingerprint density at radius 1 is 1.17 bits per heavy atom. The first-order valence-corrected chi connectivity index (χ1v) is 7.67. The Morgan fingerprint density at radius 2 is 1.83 bits per heavy atom. The van der Waals surface area contributed by atoms with Gasteiger partial charge in [-0.1, -0.05) is 18.2 Å². The molecule has 0 atom stereocenters. The van der Waals surface area contributed by atoms with E-state index in [0.717, 1.165) is 13.1 Å². The molecule has 0 aromatic heterocycles. The quantitative estimate of drug-likeness (QED) is 0.858. The van der Waals surface area contributed by atoms with Gasteiger partial charge in [0.25, 0.3) is 0 Å². The third-order valence-corrected chi connectivity index (χ3v) is 4.09. The maximum atomic E-state index is 11.9. The lowest BCUT2D eigenvalue weighted by molar-refractivity contribution is 0.0408. The number of nitrogens with one attached hydrogen (secondary N) is 1. The molecule has 1 saturated heterocycles. The summed E-state index contributed by atoms with van der Waals surface area (Å²) in [5.41, 5.74) is 0.611. The van der Waals surface area contributed by atoms with Gasteiger partial charge < -0.3 is 4.74 Å². The van der Waals surface area contributed by atoms with Crippen LogP contribution in [0.25, 0.3) is 0 Å². The Kier molecular flexibility index (Phi) is 4.57. The molecule has 1 aromatic carbocycles. The number of rotatable bonds is 5. The molecule has 1 aromatic rings. The summed E-state index contributed by atoms with van der Waals surface area (Å²) < 4.78 is 31.5. The molecule has 2 rings (SSSR count). The molecule has 1 heterocycles. The van der Waals surface area contributed by atoms with Gasteiger partial charge in [-0.2, -0.15) is 0 Å². The highest BCUT2D eigenvalue weighted by atomic mass is 32.2. The van der Waals surface area contributed by atoms with Crippen LogP contribution in [0.3, 0.4) is 0 Å². The number of nitrogens with zero attached hydrogens (tertiary/aromatic N) is 1. The monoisotopic (exact) mass is 270 g/mol. The Bertz CT molecular complexity index is 455. The van der Waals surface area contributed by atoms with Gasteiger partial charge in [0, 0.05) is 25.3 Å². The number of sulfonamides is 1. The summed E-state index contributed by atoms with van der Waals surface area (Å²) in [6, 6.07) is 8.95. The van der Waals surface area contributed by atoms with Crippen LogP contribution in [0, 0.1) is 0 Å². The van der Waals surface area contributed by atoms with E-state index in [1.54, 1.807) is 24.3 Å². The fourth-order valence-corrected chi connectivity index (χ4v) is 2.91. The van der Waals surface area contributed by atoms with Gasteiger partial charge in [0.05, 0.1) is 19.0 Å². The summed E-state index contributed by atoms with van der Waals surface area (Å²) >= 11 is 0. The van der Waals surface area contributed by atoms with Crippen molar-refractivity contribution in [2.75, 3.05) is 43.3 Å². The average molecular weight is 270 g/mol. The standard InChI is InChI=1S/C12H18N2O3S/c15-18(16,13-12-4-2-1-3-5-12)11-8-14-6-9-17-10-7-14/h1-5,13H,6-11H2. The molecule has 0 spiro atoms. The van der Waals surface area contributed by atoms with Gasteiger partial charge in [-0.3, -0.25) is 9.62 Å². The van der Waals surface area contributed by atoms with Gasteiger partial charge in [0.15, 0.2) is 0 Å². The zero-order valence-corrected chi connectivity index (χ0v) is 11.0. The second-order valence-electron chi connectivity index (χ2n) is 4.24. The third kappa shape index (κ3) is 4.29. The van der Waals surface area contributed by atoms with Gasteiger partial charge in [-0.15, -0.1) is 0 Å². The van der Waals surface area contributed by atoms with Crippen LogP contribution in [0.5, 0.6) is 0 Å². The number of ether oxygens (including phenoxy) is 1. The second-order valence-corrected chi connectivity index (χ2v) is 6.08. The Morgan fingerprint density at radius 3 is 2.50 bits per heavy atom.